The summed E-state index contributed by atoms with van der Waals surface area (Å²) in [6, 6.07) is 5.72. The van der Waals surface area contributed by atoms with Crippen molar-refractivity contribution < 1.29 is 14.3 Å². The molecule has 1 amide bonds. The number of hydrogen-bond acceptors (Lipinski definition) is 4. The number of hydrogen-bond donors (Lipinski definition) is 1. The van der Waals surface area contributed by atoms with Crippen molar-refractivity contribution in [1.82, 2.24) is 5.32 Å². The first-order valence-electron chi connectivity index (χ1n) is 6.67. The van der Waals surface area contributed by atoms with Crippen molar-refractivity contribution in [2.24, 2.45) is 5.41 Å². The number of rotatable bonds is 1. The number of amides is 1. The zero-order chi connectivity index (χ0) is 12.9. The molecule has 1 atom stereocenters. The molecule has 19 heavy (non-hydrogen) atoms. The Morgan fingerprint density at radius 1 is 1.26 bits per heavy atom. The molecule has 2 fully saturated rings. The molecule has 0 radical (unpaired) electrons. The van der Waals surface area contributed by atoms with Crippen LogP contribution in [0, 0.1) is 5.41 Å². The summed E-state index contributed by atoms with van der Waals surface area (Å²) in [6.45, 7) is 3.03. The van der Waals surface area contributed by atoms with Gasteiger partial charge in [-0.25, -0.2) is 0 Å². The van der Waals surface area contributed by atoms with Crippen LogP contribution in [0.5, 0.6) is 11.5 Å². The van der Waals surface area contributed by atoms with Crippen LogP contribution in [0.25, 0.3) is 0 Å². The zero-order valence-electron chi connectivity index (χ0n) is 10.6. The first-order valence-corrected chi connectivity index (χ1v) is 6.67. The Hall–Kier alpha value is -1.75. The van der Waals surface area contributed by atoms with Crippen LogP contribution in [0.3, 0.4) is 0 Å². The highest BCUT2D eigenvalue weighted by Gasteiger charge is 2.45. The average Bonchev–Trinajstić information content (AvgIpc) is 3.10. The van der Waals surface area contributed by atoms with E-state index in [4.69, 9.17) is 9.47 Å². The Morgan fingerprint density at radius 3 is 3.00 bits per heavy atom. The summed E-state index contributed by atoms with van der Waals surface area (Å²) in [5, 5.41) is 3.37. The number of fused-ring (bicyclic) bond motifs is 1. The lowest BCUT2D eigenvalue weighted by molar-refractivity contribution is -0.117. The van der Waals surface area contributed by atoms with Crippen molar-refractivity contribution in [2.45, 2.75) is 12.8 Å². The molecule has 0 unspecified atom stereocenters. The largest absolute Gasteiger partial charge is 0.454 e. The summed E-state index contributed by atoms with van der Waals surface area (Å²) in [6.07, 6.45) is 1.73. The molecule has 3 aliphatic rings. The van der Waals surface area contributed by atoms with E-state index in [0.29, 0.717) is 6.42 Å². The van der Waals surface area contributed by atoms with E-state index >= 15 is 0 Å². The van der Waals surface area contributed by atoms with Gasteiger partial charge in [-0.05, 0) is 25.1 Å². The van der Waals surface area contributed by atoms with Gasteiger partial charge in [0.25, 0.3) is 0 Å². The van der Waals surface area contributed by atoms with E-state index in [9.17, 15) is 4.79 Å². The van der Waals surface area contributed by atoms with Crippen molar-refractivity contribution in [3.05, 3.63) is 18.2 Å². The second-order valence-electron chi connectivity index (χ2n) is 5.62. The molecule has 3 aliphatic heterocycles. The highest BCUT2D eigenvalue weighted by Crippen LogP contribution is 2.41. The average molecular weight is 260 g/mol. The van der Waals surface area contributed by atoms with Gasteiger partial charge in [-0.15, -0.1) is 0 Å². The van der Waals surface area contributed by atoms with Gasteiger partial charge in [0.2, 0.25) is 12.7 Å². The summed E-state index contributed by atoms with van der Waals surface area (Å²) in [4.78, 5) is 14.1. The van der Waals surface area contributed by atoms with Gasteiger partial charge in [0.15, 0.2) is 11.5 Å². The number of nitrogens with zero attached hydrogens (tertiary/aromatic N) is 1. The van der Waals surface area contributed by atoms with Crippen LogP contribution in [0.1, 0.15) is 12.8 Å². The molecule has 1 aromatic carbocycles. The summed E-state index contributed by atoms with van der Waals surface area (Å²) in [7, 11) is 0. The first kappa shape index (κ1) is 11.1. The summed E-state index contributed by atoms with van der Waals surface area (Å²) < 4.78 is 10.7. The Labute approximate surface area is 111 Å². The summed E-state index contributed by atoms with van der Waals surface area (Å²) in [5.41, 5.74) is 1.05. The van der Waals surface area contributed by atoms with E-state index in [-0.39, 0.29) is 18.1 Å². The van der Waals surface area contributed by atoms with Crippen LogP contribution >= 0.6 is 0 Å². The minimum absolute atomic E-state index is 0.132. The Morgan fingerprint density at radius 2 is 2.16 bits per heavy atom. The van der Waals surface area contributed by atoms with E-state index in [2.05, 4.69) is 5.32 Å². The molecule has 5 nitrogen and oxygen atoms in total. The quantitative estimate of drug-likeness (QED) is 0.822. The van der Waals surface area contributed by atoms with Crippen molar-refractivity contribution in [1.29, 1.82) is 0 Å². The maximum absolute atomic E-state index is 12.3. The Bertz CT molecular complexity index is 537. The Balaban J connectivity index is 1.64. The fraction of sp³-hybridized carbons (Fsp3) is 0.500. The third-order valence-electron chi connectivity index (χ3n) is 4.32. The maximum atomic E-state index is 12.3. The molecule has 1 N–H and O–H groups in total. The number of carbonyl (C=O) groups excluding carboxylic acids is 1. The molecule has 4 rings (SSSR count). The highest BCUT2D eigenvalue weighted by molar-refractivity contribution is 5.96. The molecule has 100 valence electrons. The van der Waals surface area contributed by atoms with Crippen molar-refractivity contribution in [2.75, 3.05) is 31.3 Å². The highest BCUT2D eigenvalue weighted by atomic mass is 16.7. The number of ether oxygens (including phenoxy) is 2. The molecule has 5 heteroatoms. The lowest BCUT2D eigenvalue weighted by atomic mass is 9.86. The van der Waals surface area contributed by atoms with Gasteiger partial charge in [0.1, 0.15) is 0 Å². The molecule has 2 saturated heterocycles. The zero-order valence-corrected chi connectivity index (χ0v) is 10.6. The standard InChI is InChI=1S/C14H16N2O3/c17-13-6-14(3-4-15-7-14)8-16(13)10-1-2-11-12(5-10)19-9-18-11/h1-2,5,15H,3-4,6-9H2/t14-/m0/s1. The summed E-state index contributed by atoms with van der Waals surface area (Å²) >= 11 is 0. The van der Waals surface area contributed by atoms with E-state index in [1.54, 1.807) is 0 Å². The molecule has 0 saturated carbocycles. The maximum Gasteiger partial charge on any atom is 0.231 e. The molecule has 3 heterocycles. The predicted octanol–water partition coefficient (Wildman–Crippen LogP) is 1.13. The van der Waals surface area contributed by atoms with Crippen molar-refractivity contribution in [3.63, 3.8) is 0 Å². The number of anilines is 1. The predicted molar refractivity (Wildman–Crippen MR) is 69.5 cm³/mol. The van der Waals surface area contributed by atoms with E-state index < -0.39 is 0 Å². The van der Waals surface area contributed by atoms with Gasteiger partial charge in [-0.3, -0.25) is 4.79 Å². The molecule has 1 spiro atoms. The minimum atomic E-state index is 0.132. The third kappa shape index (κ3) is 1.69. The number of benzene rings is 1. The lowest BCUT2D eigenvalue weighted by Gasteiger charge is -2.22. The first-order chi connectivity index (χ1) is 9.26. The smallest absolute Gasteiger partial charge is 0.231 e. The fourth-order valence-electron chi connectivity index (χ4n) is 3.27. The molecular weight excluding hydrogens is 244 g/mol. The topological polar surface area (TPSA) is 50.8 Å². The van der Waals surface area contributed by atoms with Crippen LogP contribution in [-0.2, 0) is 4.79 Å². The number of carbonyl (C=O) groups is 1. The molecule has 0 bridgehead atoms. The second-order valence-corrected chi connectivity index (χ2v) is 5.62. The van der Waals surface area contributed by atoms with Crippen molar-refractivity contribution >= 4 is 11.6 Å². The lowest BCUT2D eigenvalue weighted by Crippen LogP contribution is -2.29. The summed E-state index contributed by atoms with van der Waals surface area (Å²) in [5.74, 6) is 1.70. The SMILES string of the molecule is O=C1C[C@]2(CCNC2)CN1c1ccc2c(c1)OCO2. The van der Waals surface area contributed by atoms with Crippen LogP contribution < -0.4 is 19.7 Å². The monoisotopic (exact) mass is 260 g/mol. The van der Waals surface area contributed by atoms with Gasteiger partial charge in [-0.1, -0.05) is 0 Å². The number of nitrogens with one attached hydrogen (secondary N) is 1. The molecular formula is C14H16N2O3. The fourth-order valence-corrected chi connectivity index (χ4v) is 3.27. The van der Waals surface area contributed by atoms with Gasteiger partial charge in [0.05, 0.1) is 0 Å². The second kappa shape index (κ2) is 3.87. The van der Waals surface area contributed by atoms with Crippen LogP contribution in [0.4, 0.5) is 5.69 Å². The van der Waals surface area contributed by atoms with E-state index in [0.717, 1.165) is 43.2 Å². The third-order valence-corrected chi connectivity index (χ3v) is 4.32. The van der Waals surface area contributed by atoms with Gasteiger partial charge in [-0.2, -0.15) is 0 Å². The normalized spacial score (nSPS) is 28.6. The molecule has 0 aromatic heterocycles. The van der Waals surface area contributed by atoms with Gasteiger partial charge in [0, 0.05) is 36.7 Å². The van der Waals surface area contributed by atoms with Crippen LogP contribution in [-0.4, -0.2) is 32.3 Å². The van der Waals surface area contributed by atoms with E-state index in [1.165, 1.54) is 0 Å². The minimum Gasteiger partial charge on any atom is -0.454 e. The molecule has 1 aromatic rings. The van der Waals surface area contributed by atoms with Gasteiger partial charge < -0.3 is 19.7 Å². The van der Waals surface area contributed by atoms with E-state index in [1.807, 2.05) is 23.1 Å². The van der Waals surface area contributed by atoms with Crippen molar-refractivity contribution in [3.8, 4) is 11.5 Å². The van der Waals surface area contributed by atoms with Crippen LogP contribution in [0.15, 0.2) is 18.2 Å². The molecule has 0 aliphatic carbocycles. The Kier molecular flexibility index (Phi) is 2.26. The van der Waals surface area contributed by atoms with Crippen LogP contribution in [0.2, 0.25) is 0 Å². The van der Waals surface area contributed by atoms with Gasteiger partial charge >= 0.3 is 0 Å².